The second kappa shape index (κ2) is 9.64. The molecule has 0 aromatic heterocycles. The molecule has 0 radical (unpaired) electrons. The molecule has 2 aromatic rings. The lowest BCUT2D eigenvalue weighted by Crippen LogP contribution is -2.09. The SMILES string of the molecule is CCOc1cc(C=CC(=O)Nc2ccc(Cl)c(C(=O)OC)c2)ccc1OC. The zero-order chi connectivity index (χ0) is 19.8. The van der Waals surface area contributed by atoms with Crippen molar-refractivity contribution in [1.29, 1.82) is 0 Å². The number of benzene rings is 2. The molecule has 0 unspecified atom stereocenters. The van der Waals surface area contributed by atoms with Crippen LogP contribution in [0.15, 0.2) is 42.5 Å². The maximum absolute atomic E-state index is 12.2. The fraction of sp³-hybridized carbons (Fsp3) is 0.200. The fourth-order valence-corrected chi connectivity index (χ4v) is 2.49. The van der Waals surface area contributed by atoms with Crippen LogP contribution in [0.4, 0.5) is 5.69 Å². The first kappa shape index (κ1) is 20.3. The largest absolute Gasteiger partial charge is 0.493 e. The van der Waals surface area contributed by atoms with E-state index in [-0.39, 0.29) is 16.5 Å². The topological polar surface area (TPSA) is 73.9 Å². The first-order chi connectivity index (χ1) is 13.0. The van der Waals surface area contributed by atoms with Gasteiger partial charge < -0.3 is 19.5 Å². The predicted molar refractivity (Wildman–Crippen MR) is 105 cm³/mol. The molecule has 0 spiro atoms. The number of anilines is 1. The van der Waals surface area contributed by atoms with E-state index in [1.54, 1.807) is 31.4 Å². The molecule has 0 aliphatic rings. The van der Waals surface area contributed by atoms with Crippen LogP contribution in [-0.2, 0) is 9.53 Å². The summed E-state index contributed by atoms with van der Waals surface area (Å²) in [6, 6.07) is 9.93. The number of amides is 1. The van der Waals surface area contributed by atoms with Crippen LogP contribution in [-0.4, -0.2) is 32.7 Å². The zero-order valence-electron chi connectivity index (χ0n) is 15.2. The van der Waals surface area contributed by atoms with Crippen LogP contribution in [0.25, 0.3) is 6.08 Å². The number of rotatable bonds is 7. The molecule has 0 saturated carbocycles. The Hall–Kier alpha value is -2.99. The summed E-state index contributed by atoms with van der Waals surface area (Å²) in [7, 11) is 2.83. The highest BCUT2D eigenvalue weighted by Gasteiger charge is 2.12. The van der Waals surface area contributed by atoms with E-state index in [1.165, 1.54) is 25.3 Å². The molecule has 0 heterocycles. The molecule has 0 aliphatic heterocycles. The number of hydrogen-bond acceptors (Lipinski definition) is 5. The van der Waals surface area contributed by atoms with Crippen LogP contribution in [0.3, 0.4) is 0 Å². The lowest BCUT2D eigenvalue weighted by molar-refractivity contribution is -0.111. The van der Waals surface area contributed by atoms with E-state index >= 15 is 0 Å². The molecular formula is C20H20ClNO5. The van der Waals surface area contributed by atoms with Gasteiger partial charge in [0.15, 0.2) is 11.5 Å². The Labute approximate surface area is 162 Å². The van der Waals surface area contributed by atoms with Gasteiger partial charge in [0.05, 0.1) is 31.4 Å². The number of carbonyl (C=O) groups is 2. The fourth-order valence-electron chi connectivity index (χ4n) is 2.29. The summed E-state index contributed by atoms with van der Waals surface area (Å²) in [6.45, 7) is 2.38. The van der Waals surface area contributed by atoms with Crippen molar-refractivity contribution in [2.45, 2.75) is 6.92 Å². The summed E-state index contributed by atoms with van der Waals surface area (Å²) in [5.41, 5.74) is 1.39. The minimum atomic E-state index is -0.576. The van der Waals surface area contributed by atoms with Crippen LogP contribution in [0.2, 0.25) is 5.02 Å². The Balaban J connectivity index is 2.11. The Morgan fingerprint density at radius 3 is 2.56 bits per heavy atom. The third kappa shape index (κ3) is 5.49. The Morgan fingerprint density at radius 2 is 1.89 bits per heavy atom. The van der Waals surface area contributed by atoms with Gasteiger partial charge in [-0.15, -0.1) is 0 Å². The lowest BCUT2D eigenvalue weighted by atomic mass is 10.1. The molecule has 2 aromatic carbocycles. The van der Waals surface area contributed by atoms with E-state index in [2.05, 4.69) is 10.1 Å². The van der Waals surface area contributed by atoms with Crippen molar-refractivity contribution in [3.05, 3.63) is 58.6 Å². The van der Waals surface area contributed by atoms with E-state index in [0.717, 1.165) is 5.56 Å². The Bertz CT molecular complexity index is 863. The molecule has 2 rings (SSSR count). The second-order valence-electron chi connectivity index (χ2n) is 5.35. The standard InChI is InChI=1S/C20H20ClNO5/c1-4-27-18-11-13(5-9-17(18)25-2)6-10-19(23)22-14-7-8-16(21)15(12-14)20(24)26-3/h5-12H,4H2,1-3H3,(H,22,23). The molecule has 0 saturated heterocycles. The van der Waals surface area contributed by atoms with Gasteiger partial charge in [0.2, 0.25) is 5.91 Å². The molecule has 142 valence electrons. The number of halogens is 1. The minimum Gasteiger partial charge on any atom is -0.493 e. The highest BCUT2D eigenvalue weighted by atomic mass is 35.5. The normalized spacial score (nSPS) is 10.5. The summed E-state index contributed by atoms with van der Waals surface area (Å²) in [4.78, 5) is 23.8. The van der Waals surface area contributed by atoms with E-state index in [0.29, 0.717) is 23.8 Å². The highest BCUT2D eigenvalue weighted by Crippen LogP contribution is 2.28. The molecule has 0 aliphatic carbocycles. The maximum atomic E-state index is 12.2. The second-order valence-corrected chi connectivity index (χ2v) is 5.76. The summed E-state index contributed by atoms with van der Waals surface area (Å²) in [6.07, 6.45) is 3.03. The molecule has 7 heteroatoms. The molecule has 0 bridgehead atoms. The van der Waals surface area contributed by atoms with Crippen LogP contribution >= 0.6 is 11.6 Å². The third-order valence-electron chi connectivity index (χ3n) is 3.55. The van der Waals surface area contributed by atoms with Crippen molar-refractivity contribution in [2.75, 3.05) is 26.1 Å². The van der Waals surface area contributed by atoms with Crippen molar-refractivity contribution in [1.82, 2.24) is 0 Å². The van der Waals surface area contributed by atoms with Crippen molar-refractivity contribution in [3.63, 3.8) is 0 Å². The van der Waals surface area contributed by atoms with E-state index in [1.807, 2.05) is 13.0 Å². The first-order valence-electron chi connectivity index (χ1n) is 8.16. The highest BCUT2D eigenvalue weighted by molar-refractivity contribution is 6.33. The van der Waals surface area contributed by atoms with Gasteiger partial charge in [-0.25, -0.2) is 4.79 Å². The minimum absolute atomic E-state index is 0.178. The van der Waals surface area contributed by atoms with Crippen LogP contribution in [0.1, 0.15) is 22.8 Å². The van der Waals surface area contributed by atoms with Gasteiger partial charge >= 0.3 is 5.97 Å². The maximum Gasteiger partial charge on any atom is 0.339 e. The molecule has 27 heavy (non-hydrogen) atoms. The summed E-state index contributed by atoms with van der Waals surface area (Å²) in [5.74, 6) is 0.285. The predicted octanol–water partition coefficient (Wildman–Crippen LogP) is 4.19. The van der Waals surface area contributed by atoms with Crippen molar-refractivity contribution in [2.24, 2.45) is 0 Å². The van der Waals surface area contributed by atoms with E-state index in [4.69, 9.17) is 21.1 Å². The Morgan fingerprint density at radius 1 is 1.11 bits per heavy atom. The number of ether oxygens (including phenoxy) is 3. The van der Waals surface area contributed by atoms with Crippen LogP contribution in [0, 0.1) is 0 Å². The molecule has 0 atom stereocenters. The Kier molecular flexibility index (Phi) is 7.25. The van der Waals surface area contributed by atoms with E-state index in [9.17, 15) is 9.59 Å². The number of hydrogen-bond donors (Lipinski definition) is 1. The molecule has 6 nitrogen and oxygen atoms in total. The number of esters is 1. The van der Waals surface area contributed by atoms with Gasteiger partial charge in [0.25, 0.3) is 0 Å². The van der Waals surface area contributed by atoms with Gasteiger partial charge in [0.1, 0.15) is 0 Å². The molecule has 1 amide bonds. The third-order valence-corrected chi connectivity index (χ3v) is 3.88. The molecular weight excluding hydrogens is 370 g/mol. The molecule has 0 fully saturated rings. The van der Waals surface area contributed by atoms with Crippen molar-refractivity contribution >= 4 is 35.2 Å². The van der Waals surface area contributed by atoms with Crippen LogP contribution in [0.5, 0.6) is 11.5 Å². The van der Waals surface area contributed by atoms with E-state index < -0.39 is 5.97 Å². The summed E-state index contributed by atoms with van der Waals surface area (Å²) < 4.78 is 15.4. The quantitative estimate of drug-likeness (QED) is 0.567. The van der Waals surface area contributed by atoms with Gasteiger partial charge in [0, 0.05) is 11.8 Å². The summed E-state index contributed by atoms with van der Waals surface area (Å²) >= 11 is 5.96. The smallest absolute Gasteiger partial charge is 0.339 e. The lowest BCUT2D eigenvalue weighted by Gasteiger charge is -2.09. The monoisotopic (exact) mass is 389 g/mol. The zero-order valence-corrected chi connectivity index (χ0v) is 16.0. The van der Waals surface area contributed by atoms with Gasteiger partial charge in [-0.3, -0.25) is 4.79 Å². The first-order valence-corrected chi connectivity index (χ1v) is 8.54. The van der Waals surface area contributed by atoms with Crippen molar-refractivity contribution < 1.29 is 23.8 Å². The molecule has 1 N–H and O–H groups in total. The van der Waals surface area contributed by atoms with Gasteiger partial charge in [-0.2, -0.15) is 0 Å². The average Bonchev–Trinajstić information content (AvgIpc) is 2.67. The average molecular weight is 390 g/mol. The van der Waals surface area contributed by atoms with Crippen molar-refractivity contribution in [3.8, 4) is 11.5 Å². The van der Waals surface area contributed by atoms with Crippen LogP contribution < -0.4 is 14.8 Å². The number of methoxy groups -OCH3 is 2. The number of carbonyl (C=O) groups excluding carboxylic acids is 2. The van der Waals surface area contributed by atoms with Gasteiger partial charge in [-0.05, 0) is 48.9 Å². The van der Waals surface area contributed by atoms with Gasteiger partial charge in [-0.1, -0.05) is 17.7 Å². The summed E-state index contributed by atoms with van der Waals surface area (Å²) in [5, 5.41) is 2.92. The number of nitrogens with one attached hydrogen (secondary N) is 1.